The summed E-state index contributed by atoms with van der Waals surface area (Å²) in [6.07, 6.45) is 5.91. The first-order chi connectivity index (χ1) is 13.9. The number of piperidine rings is 1. The second kappa shape index (κ2) is 11.6. The molecule has 2 atom stereocenters. The number of aromatic nitrogens is 1. The first-order valence-electron chi connectivity index (χ1n) is 10.9. The van der Waals surface area contributed by atoms with Crippen molar-refractivity contribution in [2.75, 3.05) is 24.5 Å². The lowest BCUT2D eigenvalue weighted by molar-refractivity contribution is -0.122. The van der Waals surface area contributed by atoms with Gasteiger partial charge < -0.3 is 21.3 Å². The van der Waals surface area contributed by atoms with E-state index in [1.807, 2.05) is 6.07 Å². The molecule has 1 aromatic rings. The molecule has 4 N–H and O–H groups in total. The molecule has 1 aromatic heterocycles. The van der Waals surface area contributed by atoms with Crippen LogP contribution in [0.2, 0.25) is 0 Å². The summed E-state index contributed by atoms with van der Waals surface area (Å²) < 4.78 is 0. The minimum absolute atomic E-state index is 0.108. The Morgan fingerprint density at radius 3 is 2.86 bits per heavy atom. The highest BCUT2D eigenvalue weighted by Crippen LogP contribution is 2.25. The monoisotopic (exact) mass is 402 g/mol. The van der Waals surface area contributed by atoms with Crippen molar-refractivity contribution in [3.63, 3.8) is 0 Å². The van der Waals surface area contributed by atoms with Gasteiger partial charge in [-0.25, -0.2) is 9.98 Å². The second-order valence-corrected chi connectivity index (χ2v) is 8.39. The summed E-state index contributed by atoms with van der Waals surface area (Å²) in [7, 11) is 0. The zero-order valence-corrected chi connectivity index (χ0v) is 18.4. The van der Waals surface area contributed by atoms with Crippen LogP contribution in [-0.4, -0.2) is 42.5 Å². The Kier molecular flexibility index (Phi) is 9.22. The van der Waals surface area contributed by atoms with Crippen LogP contribution in [0.25, 0.3) is 0 Å². The summed E-state index contributed by atoms with van der Waals surface area (Å²) in [4.78, 5) is 23.2. The molecule has 0 saturated carbocycles. The average Bonchev–Trinajstić information content (AvgIpc) is 2.71. The van der Waals surface area contributed by atoms with Crippen molar-refractivity contribution in [3.05, 3.63) is 23.9 Å². The van der Waals surface area contributed by atoms with Gasteiger partial charge in [0.25, 0.3) is 0 Å². The van der Waals surface area contributed by atoms with Crippen molar-refractivity contribution in [2.45, 2.75) is 66.0 Å². The van der Waals surface area contributed by atoms with Crippen LogP contribution in [-0.2, 0) is 11.3 Å². The molecule has 2 heterocycles. The molecule has 0 aliphatic carbocycles. The van der Waals surface area contributed by atoms with Gasteiger partial charge in [-0.1, -0.05) is 19.9 Å². The zero-order chi connectivity index (χ0) is 21.2. The fourth-order valence-corrected chi connectivity index (χ4v) is 3.61. The van der Waals surface area contributed by atoms with Crippen LogP contribution in [0.3, 0.4) is 0 Å². The molecule has 7 nitrogen and oxygen atoms in total. The molecule has 1 saturated heterocycles. The lowest BCUT2D eigenvalue weighted by atomic mass is 9.97. The Morgan fingerprint density at radius 1 is 1.38 bits per heavy atom. The van der Waals surface area contributed by atoms with E-state index in [1.165, 1.54) is 6.42 Å². The number of hydrogen-bond donors (Lipinski definition) is 3. The number of nitrogens with two attached hydrogens (primary N) is 1. The Labute approximate surface area is 175 Å². The number of nitrogens with one attached hydrogen (secondary N) is 2. The van der Waals surface area contributed by atoms with Crippen LogP contribution < -0.4 is 21.3 Å². The van der Waals surface area contributed by atoms with Gasteiger partial charge in [-0.2, -0.15) is 0 Å². The summed E-state index contributed by atoms with van der Waals surface area (Å²) >= 11 is 0. The fourth-order valence-electron chi connectivity index (χ4n) is 3.61. The molecule has 1 aliphatic rings. The quantitative estimate of drug-likeness (QED) is 0.436. The first kappa shape index (κ1) is 23.0. The largest absolute Gasteiger partial charge is 0.369 e. The molecule has 2 unspecified atom stereocenters. The zero-order valence-electron chi connectivity index (χ0n) is 18.4. The van der Waals surface area contributed by atoms with E-state index in [-0.39, 0.29) is 11.8 Å². The van der Waals surface area contributed by atoms with E-state index in [1.54, 1.807) is 6.20 Å². The maximum Gasteiger partial charge on any atom is 0.222 e. The minimum atomic E-state index is -0.223. The molecule has 2 rings (SSSR count). The molecule has 1 aliphatic heterocycles. The second-order valence-electron chi connectivity index (χ2n) is 8.39. The van der Waals surface area contributed by atoms with Crippen molar-refractivity contribution in [2.24, 2.45) is 22.6 Å². The standard InChI is InChI=1S/C22H38N6O/c1-5-24-22(27-17(4)11-10-16(2)3)26-14-18-8-6-12-25-21(18)28-13-7-9-19(15-28)20(23)29/h6,8,12,16-17,19H,5,7,9-11,13-15H2,1-4H3,(H2,23,29)(H2,24,26,27). The van der Waals surface area contributed by atoms with Crippen molar-refractivity contribution in [1.29, 1.82) is 0 Å². The summed E-state index contributed by atoms with van der Waals surface area (Å²) in [5.74, 6) is 2.10. The molecule has 1 fully saturated rings. The molecule has 0 radical (unpaired) electrons. The summed E-state index contributed by atoms with van der Waals surface area (Å²) in [5.41, 5.74) is 6.60. The number of amides is 1. The molecule has 29 heavy (non-hydrogen) atoms. The Bertz CT molecular complexity index is 675. The molecule has 0 aromatic carbocycles. The van der Waals surface area contributed by atoms with E-state index in [9.17, 15) is 4.79 Å². The van der Waals surface area contributed by atoms with Crippen LogP contribution in [0.4, 0.5) is 5.82 Å². The van der Waals surface area contributed by atoms with E-state index >= 15 is 0 Å². The number of pyridine rings is 1. The van der Waals surface area contributed by atoms with E-state index in [4.69, 9.17) is 10.7 Å². The normalized spacial score (nSPS) is 18.6. The number of guanidine groups is 1. The van der Waals surface area contributed by atoms with Gasteiger partial charge in [0, 0.05) is 37.4 Å². The van der Waals surface area contributed by atoms with Crippen molar-refractivity contribution in [3.8, 4) is 0 Å². The maximum absolute atomic E-state index is 11.6. The van der Waals surface area contributed by atoms with E-state index < -0.39 is 0 Å². The Balaban J connectivity index is 2.08. The molecule has 1 amide bonds. The highest BCUT2D eigenvalue weighted by atomic mass is 16.1. The van der Waals surface area contributed by atoms with Gasteiger partial charge in [0.05, 0.1) is 12.5 Å². The van der Waals surface area contributed by atoms with Crippen LogP contribution in [0, 0.1) is 11.8 Å². The van der Waals surface area contributed by atoms with Crippen molar-refractivity contribution < 1.29 is 4.79 Å². The fraction of sp³-hybridized carbons (Fsp3) is 0.682. The SMILES string of the molecule is CCNC(=NCc1cccnc1N1CCCC(C(N)=O)C1)NC(C)CCC(C)C. The predicted molar refractivity (Wildman–Crippen MR) is 120 cm³/mol. The number of nitrogens with zero attached hydrogens (tertiary/aromatic N) is 3. The van der Waals surface area contributed by atoms with E-state index in [0.717, 1.165) is 49.7 Å². The summed E-state index contributed by atoms with van der Waals surface area (Å²) in [5, 5.41) is 6.84. The van der Waals surface area contributed by atoms with Gasteiger partial charge in [0.1, 0.15) is 5.82 Å². The van der Waals surface area contributed by atoms with Gasteiger partial charge in [0.2, 0.25) is 5.91 Å². The van der Waals surface area contributed by atoms with Crippen LogP contribution >= 0.6 is 0 Å². The van der Waals surface area contributed by atoms with Crippen LogP contribution in [0.1, 0.15) is 58.9 Å². The average molecular weight is 403 g/mol. The number of anilines is 1. The lowest BCUT2D eigenvalue weighted by Crippen LogP contribution is -2.42. The third-order valence-electron chi connectivity index (χ3n) is 5.30. The highest BCUT2D eigenvalue weighted by molar-refractivity contribution is 5.80. The highest BCUT2D eigenvalue weighted by Gasteiger charge is 2.25. The summed E-state index contributed by atoms with van der Waals surface area (Å²) in [6, 6.07) is 4.36. The number of rotatable bonds is 9. The van der Waals surface area contributed by atoms with Gasteiger partial charge in [-0.3, -0.25) is 4.79 Å². The van der Waals surface area contributed by atoms with Gasteiger partial charge >= 0.3 is 0 Å². The number of carbonyl (C=O) groups is 1. The van der Waals surface area contributed by atoms with E-state index in [2.05, 4.69) is 54.3 Å². The molecule has 7 heteroatoms. The lowest BCUT2D eigenvalue weighted by Gasteiger charge is -2.33. The Hall–Kier alpha value is -2.31. The number of aliphatic imine (C=N–C) groups is 1. The summed E-state index contributed by atoms with van der Waals surface area (Å²) in [6.45, 7) is 11.6. The number of hydrogen-bond acceptors (Lipinski definition) is 4. The van der Waals surface area contributed by atoms with Crippen LogP contribution in [0.15, 0.2) is 23.3 Å². The number of carbonyl (C=O) groups excluding carboxylic acids is 1. The third-order valence-corrected chi connectivity index (χ3v) is 5.30. The molecule has 162 valence electrons. The molecule has 0 bridgehead atoms. The van der Waals surface area contributed by atoms with Crippen molar-refractivity contribution >= 4 is 17.7 Å². The minimum Gasteiger partial charge on any atom is -0.369 e. The van der Waals surface area contributed by atoms with Crippen LogP contribution in [0.5, 0.6) is 0 Å². The van der Waals surface area contributed by atoms with Crippen molar-refractivity contribution in [1.82, 2.24) is 15.6 Å². The van der Waals surface area contributed by atoms with Gasteiger partial charge in [-0.15, -0.1) is 0 Å². The molecular weight excluding hydrogens is 364 g/mol. The predicted octanol–water partition coefficient (Wildman–Crippen LogP) is 2.66. The first-order valence-corrected chi connectivity index (χ1v) is 10.9. The smallest absolute Gasteiger partial charge is 0.222 e. The molecule has 0 spiro atoms. The Morgan fingerprint density at radius 2 is 2.17 bits per heavy atom. The maximum atomic E-state index is 11.6. The topological polar surface area (TPSA) is 95.6 Å². The number of primary amides is 1. The van der Waals surface area contributed by atoms with E-state index in [0.29, 0.717) is 25.0 Å². The van der Waals surface area contributed by atoms with Gasteiger partial charge in [0.15, 0.2) is 5.96 Å². The van der Waals surface area contributed by atoms with Gasteiger partial charge in [-0.05, 0) is 51.5 Å². The third kappa shape index (κ3) is 7.55. The molecular formula is C22H38N6O.